The molecule has 5 aromatic rings. The number of rotatable bonds is 4. The number of amides is 2. The van der Waals surface area contributed by atoms with Crippen LogP contribution in [0.15, 0.2) is 79.3 Å². The Bertz CT molecular complexity index is 1890. The Balaban J connectivity index is 1.51. The van der Waals surface area contributed by atoms with Crippen molar-refractivity contribution in [3.8, 4) is 11.1 Å². The van der Waals surface area contributed by atoms with Gasteiger partial charge in [-0.2, -0.15) is 13.2 Å². The molecule has 2 N–H and O–H groups in total. The van der Waals surface area contributed by atoms with Crippen molar-refractivity contribution in [3.05, 3.63) is 124 Å². The van der Waals surface area contributed by atoms with Gasteiger partial charge in [0, 0.05) is 51.6 Å². The Hall–Kier alpha value is -4.77. The van der Waals surface area contributed by atoms with E-state index in [-0.39, 0.29) is 33.5 Å². The van der Waals surface area contributed by atoms with E-state index in [4.69, 9.17) is 11.6 Å². The topological polar surface area (TPSA) is 75.5 Å². The van der Waals surface area contributed by atoms with Gasteiger partial charge >= 0.3 is 6.18 Å². The van der Waals surface area contributed by atoms with Crippen LogP contribution in [0.2, 0.25) is 5.02 Å². The first kappa shape index (κ1) is 26.5. The van der Waals surface area contributed by atoms with Gasteiger partial charge in [-0.1, -0.05) is 11.6 Å². The molecule has 1 aliphatic heterocycles. The molecule has 0 saturated heterocycles. The third kappa shape index (κ3) is 4.89. The molecule has 206 valence electrons. The number of pyridine rings is 1. The molecular formula is C29H16ClF5N4O2. The summed E-state index contributed by atoms with van der Waals surface area (Å²) in [5.41, 5.74) is 0.340. The smallest absolute Gasteiger partial charge is 0.341 e. The van der Waals surface area contributed by atoms with Crippen LogP contribution in [0.1, 0.15) is 43.4 Å². The fourth-order valence-corrected chi connectivity index (χ4v) is 5.07. The van der Waals surface area contributed by atoms with Crippen LogP contribution in [0.5, 0.6) is 0 Å². The van der Waals surface area contributed by atoms with Gasteiger partial charge in [-0.3, -0.25) is 9.59 Å². The number of hydrogen-bond donors (Lipinski definition) is 2. The molecule has 0 fully saturated rings. The van der Waals surface area contributed by atoms with E-state index in [0.717, 1.165) is 12.1 Å². The zero-order valence-corrected chi connectivity index (χ0v) is 21.3. The normalized spacial score (nSPS) is 14.7. The van der Waals surface area contributed by atoms with Gasteiger partial charge in [0.15, 0.2) is 0 Å². The van der Waals surface area contributed by atoms with Gasteiger partial charge < -0.3 is 15.0 Å². The predicted molar refractivity (Wildman–Crippen MR) is 141 cm³/mol. The summed E-state index contributed by atoms with van der Waals surface area (Å²) in [6.45, 7) is 0. The molecule has 2 amide bonds. The van der Waals surface area contributed by atoms with Gasteiger partial charge in [0.05, 0.1) is 11.6 Å². The molecule has 41 heavy (non-hydrogen) atoms. The second-order valence-electron chi connectivity index (χ2n) is 9.35. The lowest BCUT2D eigenvalue weighted by Crippen LogP contribution is -2.21. The number of fused-ring (bicyclic) bond motifs is 2. The Morgan fingerprint density at radius 1 is 0.951 bits per heavy atom. The minimum atomic E-state index is -4.89. The fraction of sp³-hybridized carbons (Fsp3) is 0.0690. The molecule has 0 saturated carbocycles. The number of carbonyl (C=O) groups is 2. The highest BCUT2D eigenvalue weighted by Crippen LogP contribution is 2.42. The highest BCUT2D eigenvalue weighted by molar-refractivity contribution is 6.31. The molecule has 3 aromatic carbocycles. The molecular weight excluding hydrogens is 567 g/mol. The number of carbonyl (C=O) groups excluding carboxylic acids is 2. The van der Waals surface area contributed by atoms with Crippen molar-refractivity contribution < 1.29 is 31.5 Å². The number of halogens is 6. The second kappa shape index (κ2) is 9.70. The van der Waals surface area contributed by atoms with Crippen molar-refractivity contribution in [1.82, 2.24) is 14.7 Å². The van der Waals surface area contributed by atoms with Gasteiger partial charge in [-0.15, -0.1) is 0 Å². The van der Waals surface area contributed by atoms with Gasteiger partial charge in [0.1, 0.15) is 17.3 Å². The van der Waals surface area contributed by atoms with Crippen LogP contribution >= 0.6 is 11.6 Å². The number of anilines is 1. The molecule has 0 spiro atoms. The zero-order valence-electron chi connectivity index (χ0n) is 20.6. The van der Waals surface area contributed by atoms with Gasteiger partial charge in [0.25, 0.3) is 11.8 Å². The minimum Gasteiger partial charge on any atom is -0.341 e. The van der Waals surface area contributed by atoms with E-state index in [1.54, 1.807) is 41.2 Å². The molecule has 1 aliphatic rings. The van der Waals surface area contributed by atoms with E-state index >= 15 is 0 Å². The largest absolute Gasteiger partial charge is 0.416 e. The standard InChI is InChI=1S/C29H16ClF5N4O2/c30-22-2-1-18(31)13-20(22)26-25-21(28(41)38-26)9-15(14-3-5-39-6-4-36-24(39)11-14)10-23(25)37-27(40)16-7-17(29(33,34)35)12-19(32)8-16/h1-13,26H,(H,37,40)(H,38,41). The van der Waals surface area contributed by atoms with Crippen molar-refractivity contribution >= 4 is 34.7 Å². The summed E-state index contributed by atoms with van der Waals surface area (Å²) in [6, 6.07) is 10.7. The molecule has 2 aromatic heterocycles. The summed E-state index contributed by atoms with van der Waals surface area (Å²) in [6.07, 6.45) is 0.189. The Labute approximate surface area is 233 Å². The first-order valence-electron chi connectivity index (χ1n) is 12.0. The first-order chi connectivity index (χ1) is 19.5. The summed E-state index contributed by atoms with van der Waals surface area (Å²) in [7, 11) is 0. The summed E-state index contributed by atoms with van der Waals surface area (Å²) >= 11 is 6.33. The quantitative estimate of drug-likeness (QED) is 0.223. The van der Waals surface area contributed by atoms with Crippen molar-refractivity contribution in [2.75, 3.05) is 5.32 Å². The number of nitrogens with one attached hydrogen (secondary N) is 2. The summed E-state index contributed by atoms with van der Waals surface area (Å²) in [4.78, 5) is 30.6. The van der Waals surface area contributed by atoms with Crippen LogP contribution in [0.25, 0.3) is 16.8 Å². The average Bonchev–Trinajstić information content (AvgIpc) is 3.53. The van der Waals surface area contributed by atoms with Gasteiger partial charge in [0.2, 0.25) is 0 Å². The zero-order chi connectivity index (χ0) is 29.1. The molecule has 6 nitrogen and oxygen atoms in total. The molecule has 3 heterocycles. The van der Waals surface area contributed by atoms with E-state index in [1.807, 2.05) is 0 Å². The van der Waals surface area contributed by atoms with Crippen LogP contribution in [0.3, 0.4) is 0 Å². The Kier molecular flexibility index (Phi) is 6.26. The third-order valence-corrected chi connectivity index (χ3v) is 7.07. The van der Waals surface area contributed by atoms with Crippen molar-refractivity contribution in [2.45, 2.75) is 12.2 Å². The van der Waals surface area contributed by atoms with Crippen LogP contribution < -0.4 is 10.6 Å². The maximum atomic E-state index is 14.2. The minimum absolute atomic E-state index is 0.0345. The van der Waals surface area contributed by atoms with E-state index in [1.165, 1.54) is 12.1 Å². The predicted octanol–water partition coefficient (Wildman–Crippen LogP) is 7.04. The molecule has 6 rings (SSSR count). The van der Waals surface area contributed by atoms with E-state index in [2.05, 4.69) is 15.6 Å². The van der Waals surface area contributed by atoms with E-state index in [0.29, 0.717) is 28.9 Å². The number of nitrogens with zero attached hydrogens (tertiary/aromatic N) is 2. The Morgan fingerprint density at radius 3 is 2.54 bits per heavy atom. The first-order valence-corrected chi connectivity index (χ1v) is 12.4. The number of imidazole rings is 1. The van der Waals surface area contributed by atoms with Gasteiger partial charge in [-0.25, -0.2) is 13.8 Å². The molecule has 0 radical (unpaired) electrons. The van der Waals surface area contributed by atoms with Gasteiger partial charge in [-0.05, 0) is 71.8 Å². The summed E-state index contributed by atoms with van der Waals surface area (Å²) in [5, 5.41) is 5.41. The summed E-state index contributed by atoms with van der Waals surface area (Å²) in [5.74, 6) is -3.48. The summed E-state index contributed by atoms with van der Waals surface area (Å²) < 4.78 is 69.9. The van der Waals surface area contributed by atoms with Crippen LogP contribution in [-0.4, -0.2) is 21.2 Å². The van der Waals surface area contributed by atoms with Crippen LogP contribution in [0.4, 0.5) is 27.6 Å². The number of hydrogen-bond acceptors (Lipinski definition) is 3. The third-order valence-electron chi connectivity index (χ3n) is 6.72. The lowest BCUT2D eigenvalue weighted by atomic mass is 9.92. The molecule has 1 atom stereocenters. The van der Waals surface area contributed by atoms with E-state index < -0.39 is 46.8 Å². The van der Waals surface area contributed by atoms with Crippen molar-refractivity contribution in [3.63, 3.8) is 0 Å². The van der Waals surface area contributed by atoms with E-state index in [9.17, 15) is 31.5 Å². The van der Waals surface area contributed by atoms with Crippen LogP contribution in [-0.2, 0) is 6.18 Å². The SMILES string of the molecule is O=C(Nc1cc(-c2ccn3ccnc3c2)cc2c1C(c1cc(F)ccc1Cl)NC2=O)c1cc(F)cc(C(F)(F)F)c1. The molecule has 1 unspecified atom stereocenters. The number of benzene rings is 3. The lowest BCUT2D eigenvalue weighted by Gasteiger charge is -2.19. The monoisotopic (exact) mass is 582 g/mol. The molecule has 0 aliphatic carbocycles. The van der Waals surface area contributed by atoms with Crippen molar-refractivity contribution in [1.29, 1.82) is 0 Å². The van der Waals surface area contributed by atoms with Crippen LogP contribution in [0, 0.1) is 11.6 Å². The molecule has 0 bridgehead atoms. The fourth-order valence-electron chi connectivity index (χ4n) is 4.84. The molecule has 12 heteroatoms. The van der Waals surface area contributed by atoms with Crippen molar-refractivity contribution in [2.24, 2.45) is 0 Å². The maximum absolute atomic E-state index is 14.2. The maximum Gasteiger partial charge on any atom is 0.416 e. The highest BCUT2D eigenvalue weighted by Gasteiger charge is 2.36. The Morgan fingerprint density at radius 2 is 1.76 bits per heavy atom. The number of alkyl halides is 3. The highest BCUT2D eigenvalue weighted by atomic mass is 35.5. The average molecular weight is 583 g/mol. The number of aromatic nitrogens is 2. The second-order valence-corrected chi connectivity index (χ2v) is 9.75. The lowest BCUT2D eigenvalue weighted by molar-refractivity contribution is -0.137.